The molecule has 0 saturated carbocycles. The Bertz CT molecular complexity index is 1000. The lowest BCUT2D eigenvalue weighted by molar-refractivity contribution is -0.115. The number of allylic oxidation sites excluding steroid dienone is 1. The van der Waals surface area contributed by atoms with Crippen LogP contribution in [-0.4, -0.2) is 27.8 Å². The lowest BCUT2D eigenvalue weighted by Crippen LogP contribution is -2.20. The molecule has 150 valence electrons. The molecule has 1 atom stereocenters. The topological polar surface area (TPSA) is 69.0 Å². The molecule has 0 spiro atoms. The summed E-state index contributed by atoms with van der Waals surface area (Å²) in [6, 6.07) is 15.3. The van der Waals surface area contributed by atoms with Crippen LogP contribution < -0.4 is 10.1 Å². The van der Waals surface area contributed by atoms with Crippen LogP contribution in [0, 0.1) is 13.8 Å². The molecule has 3 rings (SSSR count). The number of amides is 1. The number of aryl methyl sites for hydroxylation is 2. The Kier molecular flexibility index (Phi) is 6.72. The number of thioether (sulfide) groups is 1. The first kappa shape index (κ1) is 20.7. The largest absolute Gasteiger partial charge is 0.495 e. The van der Waals surface area contributed by atoms with Gasteiger partial charge in [-0.1, -0.05) is 54.2 Å². The summed E-state index contributed by atoms with van der Waals surface area (Å²) in [5, 5.41) is 11.6. The Labute approximate surface area is 175 Å². The number of rotatable bonds is 8. The lowest BCUT2D eigenvalue weighted by Gasteiger charge is -2.18. The maximum Gasteiger partial charge on any atom is 0.242 e. The quantitative estimate of drug-likeness (QED) is 0.437. The Hall–Kier alpha value is -3.06. The van der Waals surface area contributed by atoms with E-state index in [4.69, 9.17) is 4.74 Å². The first-order valence-electron chi connectivity index (χ1n) is 9.21. The van der Waals surface area contributed by atoms with E-state index >= 15 is 0 Å². The molecule has 0 bridgehead atoms. The second kappa shape index (κ2) is 9.43. The molecule has 1 amide bonds. The summed E-state index contributed by atoms with van der Waals surface area (Å²) in [5.41, 5.74) is 2.56. The molecule has 0 fully saturated rings. The van der Waals surface area contributed by atoms with Crippen LogP contribution >= 0.6 is 11.8 Å². The van der Waals surface area contributed by atoms with Crippen molar-refractivity contribution in [3.63, 3.8) is 0 Å². The SMILES string of the molecule is C=CCn1c(C)nnc1S[C@H](C(=O)Nc1cc(C)ccc1OC)c1ccccc1. The molecule has 0 aliphatic carbocycles. The number of ether oxygens (including phenoxy) is 1. The predicted octanol–water partition coefficient (Wildman–Crippen LogP) is 4.56. The van der Waals surface area contributed by atoms with E-state index in [2.05, 4.69) is 22.1 Å². The van der Waals surface area contributed by atoms with Crippen LogP contribution in [0.1, 0.15) is 22.2 Å². The van der Waals surface area contributed by atoms with Crippen molar-refractivity contribution in [2.24, 2.45) is 0 Å². The van der Waals surface area contributed by atoms with Crippen molar-refractivity contribution in [2.45, 2.75) is 30.8 Å². The second-order valence-corrected chi connectivity index (χ2v) is 7.60. The van der Waals surface area contributed by atoms with E-state index in [1.54, 1.807) is 13.2 Å². The van der Waals surface area contributed by atoms with Crippen molar-refractivity contribution in [2.75, 3.05) is 12.4 Å². The molecule has 0 aliphatic rings. The number of hydrogen-bond acceptors (Lipinski definition) is 5. The minimum atomic E-state index is -0.506. The summed E-state index contributed by atoms with van der Waals surface area (Å²) in [6.45, 7) is 8.23. The van der Waals surface area contributed by atoms with Gasteiger partial charge >= 0.3 is 0 Å². The third-order valence-electron chi connectivity index (χ3n) is 4.39. The fourth-order valence-corrected chi connectivity index (χ4v) is 4.00. The minimum absolute atomic E-state index is 0.157. The average molecular weight is 409 g/mol. The van der Waals surface area contributed by atoms with E-state index in [1.165, 1.54) is 11.8 Å². The number of carbonyl (C=O) groups is 1. The Morgan fingerprint density at radius 2 is 2.00 bits per heavy atom. The first-order chi connectivity index (χ1) is 14.0. The van der Waals surface area contributed by atoms with Crippen molar-refractivity contribution in [3.05, 3.63) is 78.1 Å². The van der Waals surface area contributed by atoms with Gasteiger partial charge in [-0.15, -0.1) is 16.8 Å². The Morgan fingerprint density at radius 1 is 1.24 bits per heavy atom. The van der Waals surface area contributed by atoms with Gasteiger partial charge in [-0.05, 0) is 37.1 Å². The summed E-state index contributed by atoms with van der Waals surface area (Å²) < 4.78 is 7.34. The summed E-state index contributed by atoms with van der Waals surface area (Å²) >= 11 is 1.36. The number of methoxy groups -OCH3 is 1. The lowest BCUT2D eigenvalue weighted by atomic mass is 10.1. The van der Waals surface area contributed by atoms with Gasteiger partial charge in [0.05, 0.1) is 12.8 Å². The number of nitrogens with one attached hydrogen (secondary N) is 1. The molecular formula is C22H24N4O2S. The maximum atomic E-state index is 13.3. The van der Waals surface area contributed by atoms with E-state index in [1.807, 2.05) is 66.9 Å². The van der Waals surface area contributed by atoms with E-state index in [9.17, 15) is 4.79 Å². The summed E-state index contributed by atoms with van der Waals surface area (Å²) in [6.07, 6.45) is 1.79. The van der Waals surface area contributed by atoms with Gasteiger partial charge in [-0.25, -0.2) is 0 Å². The number of benzene rings is 2. The molecule has 2 aromatic carbocycles. The van der Waals surface area contributed by atoms with Crippen LogP contribution in [0.2, 0.25) is 0 Å². The van der Waals surface area contributed by atoms with E-state index < -0.39 is 5.25 Å². The number of carbonyl (C=O) groups excluding carboxylic acids is 1. The average Bonchev–Trinajstić information content (AvgIpc) is 3.06. The zero-order chi connectivity index (χ0) is 20.8. The van der Waals surface area contributed by atoms with Gasteiger partial charge in [0.2, 0.25) is 5.91 Å². The van der Waals surface area contributed by atoms with E-state index in [-0.39, 0.29) is 5.91 Å². The molecule has 0 unspecified atom stereocenters. The molecular weight excluding hydrogens is 384 g/mol. The summed E-state index contributed by atoms with van der Waals surface area (Å²) in [5.74, 6) is 1.24. The third-order valence-corrected chi connectivity index (χ3v) is 5.62. The smallest absolute Gasteiger partial charge is 0.242 e. The molecule has 0 aliphatic heterocycles. The van der Waals surface area contributed by atoms with E-state index in [0.717, 1.165) is 17.0 Å². The molecule has 6 nitrogen and oxygen atoms in total. The maximum absolute atomic E-state index is 13.3. The van der Waals surface area contributed by atoms with Gasteiger partial charge in [0, 0.05) is 6.54 Å². The second-order valence-electron chi connectivity index (χ2n) is 6.53. The van der Waals surface area contributed by atoms with Gasteiger partial charge in [0.25, 0.3) is 0 Å². The summed E-state index contributed by atoms with van der Waals surface area (Å²) in [7, 11) is 1.59. The number of nitrogens with zero attached hydrogens (tertiary/aromatic N) is 3. The van der Waals surface area contributed by atoms with Crippen molar-refractivity contribution in [1.82, 2.24) is 14.8 Å². The molecule has 29 heavy (non-hydrogen) atoms. The fourth-order valence-electron chi connectivity index (χ4n) is 2.91. The fraction of sp³-hybridized carbons (Fsp3) is 0.227. The van der Waals surface area contributed by atoms with Crippen LogP contribution in [0.25, 0.3) is 0 Å². The van der Waals surface area contributed by atoms with Crippen molar-refractivity contribution in [3.8, 4) is 5.75 Å². The van der Waals surface area contributed by atoms with Crippen LogP contribution in [-0.2, 0) is 11.3 Å². The van der Waals surface area contributed by atoms with E-state index in [0.29, 0.717) is 23.1 Å². The predicted molar refractivity (Wildman–Crippen MR) is 116 cm³/mol. The van der Waals surface area contributed by atoms with Crippen LogP contribution in [0.5, 0.6) is 5.75 Å². The van der Waals surface area contributed by atoms with Crippen molar-refractivity contribution < 1.29 is 9.53 Å². The van der Waals surface area contributed by atoms with Crippen LogP contribution in [0.15, 0.2) is 66.3 Å². The Balaban J connectivity index is 1.94. The zero-order valence-electron chi connectivity index (χ0n) is 16.8. The van der Waals surface area contributed by atoms with Crippen molar-refractivity contribution in [1.29, 1.82) is 0 Å². The highest BCUT2D eigenvalue weighted by Crippen LogP contribution is 2.36. The standard InChI is InChI=1S/C22H24N4O2S/c1-5-13-26-16(3)24-25-22(26)29-20(17-9-7-6-8-10-17)21(27)23-18-14-15(2)11-12-19(18)28-4/h5-12,14,20H,1,13H2,2-4H3,(H,23,27)/t20-/m0/s1. The minimum Gasteiger partial charge on any atom is -0.495 e. The monoisotopic (exact) mass is 408 g/mol. The van der Waals surface area contributed by atoms with Gasteiger partial charge in [-0.3, -0.25) is 4.79 Å². The van der Waals surface area contributed by atoms with Crippen molar-refractivity contribution >= 4 is 23.4 Å². The van der Waals surface area contributed by atoms with Gasteiger partial charge < -0.3 is 14.6 Å². The highest BCUT2D eigenvalue weighted by molar-refractivity contribution is 8.00. The molecule has 7 heteroatoms. The van der Waals surface area contributed by atoms with Crippen LogP contribution in [0.4, 0.5) is 5.69 Å². The molecule has 3 aromatic rings. The first-order valence-corrected chi connectivity index (χ1v) is 10.1. The van der Waals surface area contributed by atoms with Gasteiger partial charge in [-0.2, -0.15) is 0 Å². The number of hydrogen-bond donors (Lipinski definition) is 1. The number of aromatic nitrogens is 3. The Morgan fingerprint density at radius 3 is 2.69 bits per heavy atom. The molecule has 1 heterocycles. The van der Waals surface area contributed by atoms with Gasteiger partial charge in [0.1, 0.15) is 16.8 Å². The van der Waals surface area contributed by atoms with Gasteiger partial charge in [0.15, 0.2) is 5.16 Å². The molecule has 0 radical (unpaired) electrons. The normalized spacial score (nSPS) is 11.7. The highest BCUT2D eigenvalue weighted by Gasteiger charge is 2.26. The molecule has 0 saturated heterocycles. The zero-order valence-corrected chi connectivity index (χ0v) is 17.6. The number of anilines is 1. The summed E-state index contributed by atoms with van der Waals surface area (Å²) in [4.78, 5) is 13.3. The highest BCUT2D eigenvalue weighted by atomic mass is 32.2. The third kappa shape index (κ3) is 4.86. The molecule has 1 N–H and O–H groups in total. The van der Waals surface area contributed by atoms with Crippen LogP contribution in [0.3, 0.4) is 0 Å². The molecule has 1 aromatic heterocycles.